The van der Waals surface area contributed by atoms with Gasteiger partial charge in [0.1, 0.15) is 0 Å². The van der Waals surface area contributed by atoms with Crippen LogP contribution in [0.5, 0.6) is 0 Å². The molecule has 0 radical (unpaired) electrons. The summed E-state index contributed by atoms with van der Waals surface area (Å²) in [5, 5.41) is 3.29. The van der Waals surface area contributed by atoms with Crippen LogP contribution in [-0.2, 0) is 0 Å². The van der Waals surface area contributed by atoms with Crippen LogP contribution >= 0.6 is 0 Å². The quantitative estimate of drug-likeness (QED) is 0.793. The zero-order valence-corrected chi connectivity index (χ0v) is 8.50. The van der Waals surface area contributed by atoms with E-state index in [0.29, 0.717) is 19.4 Å². The molecule has 2 rings (SSSR count). The Balaban J connectivity index is 2.05. The maximum atomic E-state index is 12.6. The van der Waals surface area contributed by atoms with Gasteiger partial charge in [0.15, 0.2) is 0 Å². The monoisotopic (exact) mass is 211 g/mol. The van der Waals surface area contributed by atoms with Gasteiger partial charge < -0.3 is 5.32 Å². The minimum Gasteiger partial charge on any atom is -0.310 e. The lowest BCUT2D eigenvalue weighted by Gasteiger charge is -2.30. The minimum atomic E-state index is -2.18. The fourth-order valence-corrected chi connectivity index (χ4v) is 2.12. The van der Waals surface area contributed by atoms with Crippen LogP contribution in [0.2, 0.25) is 0 Å². The summed E-state index contributed by atoms with van der Waals surface area (Å²) in [6.45, 7) is 0.689. The highest BCUT2D eigenvalue weighted by Crippen LogP contribution is 2.30. The van der Waals surface area contributed by atoms with E-state index < -0.39 is 12.3 Å². The second-order valence-corrected chi connectivity index (χ2v) is 4.04. The normalized spacial score (nSPS) is 26.9. The molecule has 2 unspecified atom stereocenters. The van der Waals surface area contributed by atoms with Crippen LogP contribution in [0.25, 0.3) is 0 Å². The molecule has 1 aromatic carbocycles. The molecule has 82 valence electrons. The highest BCUT2D eigenvalue weighted by Gasteiger charge is 2.28. The Kier molecular flexibility index (Phi) is 3.31. The molecule has 0 bridgehead atoms. The molecule has 15 heavy (non-hydrogen) atoms. The van der Waals surface area contributed by atoms with Crippen LogP contribution < -0.4 is 5.32 Å². The van der Waals surface area contributed by atoms with Crippen LogP contribution in [0.4, 0.5) is 8.78 Å². The van der Waals surface area contributed by atoms with E-state index in [1.165, 1.54) is 0 Å². The number of hydrogen-bond donors (Lipinski definition) is 1. The first kappa shape index (κ1) is 10.6. The number of alkyl halides is 2. The highest BCUT2D eigenvalue weighted by atomic mass is 19.3. The molecule has 1 N–H and O–H groups in total. The van der Waals surface area contributed by atoms with Crippen LogP contribution in [0.15, 0.2) is 30.3 Å². The molecule has 3 heteroatoms. The number of halogens is 2. The molecule has 1 aliphatic rings. The Labute approximate surface area is 88.5 Å². The van der Waals surface area contributed by atoms with Gasteiger partial charge in [-0.1, -0.05) is 30.3 Å². The van der Waals surface area contributed by atoms with Crippen LogP contribution in [0.3, 0.4) is 0 Å². The molecular weight excluding hydrogens is 196 g/mol. The van der Waals surface area contributed by atoms with Crippen LogP contribution in [0, 0.1) is 5.92 Å². The third-order valence-corrected chi connectivity index (χ3v) is 3.00. The van der Waals surface area contributed by atoms with Crippen molar-refractivity contribution < 1.29 is 8.78 Å². The first-order valence-electron chi connectivity index (χ1n) is 5.34. The molecule has 0 aromatic heterocycles. The molecule has 1 saturated heterocycles. The third kappa shape index (κ3) is 2.53. The van der Waals surface area contributed by atoms with Gasteiger partial charge in [-0.3, -0.25) is 0 Å². The van der Waals surface area contributed by atoms with E-state index in [9.17, 15) is 8.78 Å². The number of piperidine rings is 1. The van der Waals surface area contributed by atoms with Crippen molar-refractivity contribution in [2.45, 2.75) is 25.3 Å². The van der Waals surface area contributed by atoms with Crippen molar-refractivity contribution in [3.05, 3.63) is 35.9 Å². The zero-order valence-electron chi connectivity index (χ0n) is 8.50. The van der Waals surface area contributed by atoms with Crippen LogP contribution in [0.1, 0.15) is 24.4 Å². The van der Waals surface area contributed by atoms with E-state index >= 15 is 0 Å². The van der Waals surface area contributed by atoms with Gasteiger partial charge in [-0.2, -0.15) is 0 Å². The van der Waals surface area contributed by atoms with Crippen molar-refractivity contribution in [2.24, 2.45) is 5.92 Å². The van der Waals surface area contributed by atoms with E-state index in [4.69, 9.17) is 0 Å². The van der Waals surface area contributed by atoms with Gasteiger partial charge in [0.05, 0.1) is 0 Å². The number of nitrogens with one attached hydrogen (secondary N) is 1. The van der Waals surface area contributed by atoms with Gasteiger partial charge >= 0.3 is 0 Å². The highest BCUT2D eigenvalue weighted by molar-refractivity contribution is 5.19. The van der Waals surface area contributed by atoms with Crippen molar-refractivity contribution in [1.82, 2.24) is 5.32 Å². The van der Waals surface area contributed by atoms with E-state index in [-0.39, 0.29) is 6.04 Å². The molecule has 0 spiro atoms. The van der Waals surface area contributed by atoms with Crippen molar-refractivity contribution in [1.29, 1.82) is 0 Å². The van der Waals surface area contributed by atoms with E-state index in [1.807, 2.05) is 30.3 Å². The standard InChI is InChI=1S/C12H15F2N/c13-12(14)10-6-7-15-11(8-10)9-4-2-1-3-5-9/h1-5,10-12,15H,6-8H2. The lowest BCUT2D eigenvalue weighted by Crippen LogP contribution is -2.34. The van der Waals surface area contributed by atoms with Crippen molar-refractivity contribution in [2.75, 3.05) is 6.54 Å². The van der Waals surface area contributed by atoms with Gasteiger partial charge in [0, 0.05) is 12.0 Å². The average Bonchev–Trinajstić information content (AvgIpc) is 2.30. The average molecular weight is 211 g/mol. The Hall–Kier alpha value is -0.960. The summed E-state index contributed by atoms with van der Waals surface area (Å²) in [4.78, 5) is 0. The van der Waals surface area contributed by atoms with Gasteiger partial charge in [-0.05, 0) is 24.9 Å². The fraction of sp³-hybridized carbons (Fsp3) is 0.500. The molecule has 0 aliphatic carbocycles. The SMILES string of the molecule is FC(F)C1CCNC(c2ccccc2)C1. The molecule has 0 amide bonds. The smallest absolute Gasteiger partial charge is 0.241 e. The summed E-state index contributed by atoms with van der Waals surface area (Å²) < 4.78 is 25.2. The van der Waals surface area contributed by atoms with Gasteiger partial charge in [-0.15, -0.1) is 0 Å². The van der Waals surface area contributed by atoms with Crippen molar-refractivity contribution in [3.8, 4) is 0 Å². The van der Waals surface area contributed by atoms with Gasteiger partial charge in [-0.25, -0.2) is 8.78 Å². The molecule has 0 saturated carbocycles. The molecule has 1 aliphatic heterocycles. The maximum Gasteiger partial charge on any atom is 0.241 e. The predicted octanol–water partition coefficient (Wildman–Crippen LogP) is 2.99. The van der Waals surface area contributed by atoms with Crippen molar-refractivity contribution >= 4 is 0 Å². The first-order chi connectivity index (χ1) is 7.27. The minimum absolute atomic E-state index is 0.0962. The first-order valence-corrected chi connectivity index (χ1v) is 5.34. The molecule has 2 atom stereocenters. The molecule has 1 fully saturated rings. The molecule has 1 aromatic rings. The summed E-state index contributed by atoms with van der Waals surface area (Å²) in [5.41, 5.74) is 1.11. The molecule has 1 heterocycles. The second kappa shape index (κ2) is 4.71. The van der Waals surface area contributed by atoms with Gasteiger partial charge in [0.25, 0.3) is 0 Å². The zero-order chi connectivity index (χ0) is 10.7. The summed E-state index contributed by atoms with van der Waals surface area (Å²) in [6, 6.07) is 9.92. The Morgan fingerprint density at radius 3 is 2.60 bits per heavy atom. The fourth-order valence-electron chi connectivity index (χ4n) is 2.12. The third-order valence-electron chi connectivity index (χ3n) is 3.00. The number of rotatable bonds is 2. The maximum absolute atomic E-state index is 12.6. The molecule has 1 nitrogen and oxygen atoms in total. The Morgan fingerprint density at radius 2 is 1.93 bits per heavy atom. The second-order valence-electron chi connectivity index (χ2n) is 4.04. The number of benzene rings is 1. The van der Waals surface area contributed by atoms with Crippen LogP contribution in [-0.4, -0.2) is 13.0 Å². The van der Waals surface area contributed by atoms with E-state index in [0.717, 1.165) is 5.56 Å². The van der Waals surface area contributed by atoms with Crippen molar-refractivity contribution in [3.63, 3.8) is 0 Å². The summed E-state index contributed by atoms with van der Waals surface area (Å²) >= 11 is 0. The van der Waals surface area contributed by atoms with E-state index in [1.54, 1.807) is 0 Å². The number of hydrogen-bond acceptors (Lipinski definition) is 1. The summed E-state index contributed by atoms with van der Waals surface area (Å²) in [6.07, 6.45) is -1.05. The Bertz CT molecular complexity index is 300. The van der Waals surface area contributed by atoms with Gasteiger partial charge in [0.2, 0.25) is 6.43 Å². The topological polar surface area (TPSA) is 12.0 Å². The van der Waals surface area contributed by atoms with E-state index in [2.05, 4.69) is 5.32 Å². The lowest BCUT2D eigenvalue weighted by atomic mass is 9.89. The summed E-state index contributed by atoms with van der Waals surface area (Å²) in [5.74, 6) is -0.448. The predicted molar refractivity (Wildman–Crippen MR) is 55.9 cm³/mol. The summed E-state index contributed by atoms with van der Waals surface area (Å²) in [7, 11) is 0. The molecular formula is C12H15F2N. The lowest BCUT2D eigenvalue weighted by molar-refractivity contribution is 0.0500. The Morgan fingerprint density at radius 1 is 1.20 bits per heavy atom. The largest absolute Gasteiger partial charge is 0.310 e.